The molecule has 0 aromatic rings. The molecule has 0 heterocycles. The summed E-state index contributed by atoms with van der Waals surface area (Å²) < 4.78 is 0. The van der Waals surface area contributed by atoms with Gasteiger partial charge in [-0.3, -0.25) is 0 Å². The summed E-state index contributed by atoms with van der Waals surface area (Å²) in [5.41, 5.74) is 5.25. The zero-order valence-corrected chi connectivity index (χ0v) is 5.46. The van der Waals surface area contributed by atoms with E-state index >= 15 is 0 Å². The van der Waals surface area contributed by atoms with Crippen LogP contribution in [0, 0.1) is 0 Å². The summed E-state index contributed by atoms with van der Waals surface area (Å²) in [7, 11) is 0. The van der Waals surface area contributed by atoms with Crippen LogP contribution in [0.2, 0.25) is 0 Å². The maximum Gasteiger partial charge on any atom is 0.0444 e. The van der Waals surface area contributed by atoms with Gasteiger partial charge in [-0.05, 0) is 6.92 Å². The second-order valence-electron chi connectivity index (χ2n) is 1.84. The van der Waals surface area contributed by atoms with Gasteiger partial charge in [-0.15, -0.1) is 0 Å². The minimum Gasteiger partial charge on any atom is -0.329 e. The van der Waals surface area contributed by atoms with E-state index < -0.39 is 0 Å². The molecule has 3 heteroatoms. The van der Waals surface area contributed by atoms with Crippen molar-refractivity contribution in [1.29, 1.82) is 0 Å². The van der Waals surface area contributed by atoms with Crippen LogP contribution in [-0.2, 0) is 0 Å². The summed E-state index contributed by atoms with van der Waals surface area (Å²) in [5.74, 6) is 0. The monoisotopic (exact) mass is 118 g/mol. The molecule has 0 saturated heterocycles. The zero-order chi connectivity index (χ0) is 6.57. The number of rotatable bonds is 3. The predicted octanol–water partition coefficient (Wildman–Crippen LogP) is 0.0447. The second-order valence-corrected chi connectivity index (χ2v) is 1.84. The number of nitrogens with two attached hydrogens (primary N) is 1. The van der Waals surface area contributed by atoms with E-state index in [-0.39, 0.29) is 6.04 Å². The first-order valence-electron chi connectivity index (χ1n) is 2.88. The third-order valence-corrected chi connectivity index (χ3v) is 1.17. The Morgan fingerprint density at radius 3 is 2.38 bits per heavy atom. The highest BCUT2D eigenvalue weighted by Gasteiger charge is 2.03. The van der Waals surface area contributed by atoms with Crippen LogP contribution in [0.1, 0.15) is 13.8 Å². The smallest absolute Gasteiger partial charge is 0.0444 e. The van der Waals surface area contributed by atoms with Gasteiger partial charge in [0.1, 0.15) is 0 Å². The largest absolute Gasteiger partial charge is 0.329 e. The highest BCUT2D eigenvalue weighted by molar-refractivity contribution is 4.55. The molecule has 0 saturated carbocycles. The summed E-state index contributed by atoms with van der Waals surface area (Å²) in [6.07, 6.45) is 0. The molecule has 0 aliphatic heterocycles. The van der Waals surface area contributed by atoms with Crippen molar-refractivity contribution in [3.63, 3.8) is 0 Å². The Labute approximate surface area is 50.0 Å². The second kappa shape index (κ2) is 3.83. The van der Waals surface area contributed by atoms with Gasteiger partial charge in [-0.2, -0.15) is 5.06 Å². The van der Waals surface area contributed by atoms with E-state index in [1.54, 1.807) is 0 Å². The van der Waals surface area contributed by atoms with E-state index in [0.29, 0.717) is 13.1 Å². The molecule has 0 spiro atoms. The van der Waals surface area contributed by atoms with E-state index in [1.807, 2.05) is 13.8 Å². The Morgan fingerprint density at radius 2 is 2.25 bits per heavy atom. The molecule has 0 amide bonds. The summed E-state index contributed by atoms with van der Waals surface area (Å²) in [6.45, 7) is 4.90. The number of nitrogens with zero attached hydrogens (tertiary/aromatic N) is 1. The first-order chi connectivity index (χ1) is 3.72. The van der Waals surface area contributed by atoms with Crippen LogP contribution >= 0.6 is 0 Å². The number of hydrogen-bond donors (Lipinski definition) is 2. The fourth-order valence-corrected chi connectivity index (χ4v) is 0.433. The molecular formula is C5H14N2O. The lowest BCUT2D eigenvalue weighted by molar-refractivity contribution is -0.114. The van der Waals surface area contributed by atoms with Crippen LogP contribution in [0.15, 0.2) is 0 Å². The fraction of sp³-hybridized carbons (Fsp3) is 1.00. The van der Waals surface area contributed by atoms with Crippen molar-refractivity contribution in [1.82, 2.24) is 5.06 Å². The van der Waals surface area contributed by atoms with E-state index in [4.69, 9.17) is 10.9 Å². The van der Waals surface area contributed by atoms with Gasteiger partial charge >= 0.3 is 0 Å². The van der Waals surface area contributed by atoms with Gasteiger partial charge < -0.3 is 10.9 Å². The van der Waals surface area contributed by atoms with Crippen molar-refractivity contribution in [2.75, 3.05) is 13.1 Å². The Kier molecular flexibility index (Phi) is 3.77. The third kappa shape index (κ3) is 2.26. The van der Waals surface area contributed by atoms with Gasteiger partial charge in [0.2, 0.25) is 0 Å². The molecule has 0 fully saturated rings. The van der Waals surface area contributed by atoms with Crippen LogP contribution in [-0.4, -0.2) is 29.4 Å². The van der Waals surface area contributed by atoms with Crippen molar-refractivity contribution in [3.05, 3.63) is 0 Å². The molecule has 0 bridgehead atoms. The standard InChI is InChI=1S/C5H14N2O/c1-3-7(8)5(2)4-6/h5,8H,3-4,6H2,1-2H3. The molecule has 1 atom stereocenters. The molecule has 8 heavy (non-hydrogen) atoms. The van der Waals surface area contributed by atoms with E-state index in [0.717, 1.165) is 0 Å². The van der Waals surface area contributed by atoms with Crippen molar-refractivity contribution >= 4 is 0 Å². The van der Waals surface area contributed by atoms with Crippen LogP contribution in [0.25, 0.3) is 0 Å². The summed E-state index contributed by atoms with van der Waals surface area (Å²) in [4.78, 5) is 0. The van der Waals surface area contributed by atoms with Gasteiger partial charge in [0.05, 0.1) is 0 Å². The number of hydroxylamine groups is 2. The summed E-state index contributed by atoms with van der Waals surface area (Å²) >= 11 is 0. The van der Waals surface area contributed by atoms with Gasteiger partial charge in [0.15, 0.2) is 0 Å². The normalized spacial score (nSPS) is 14.6. The summed E-state index contributed by atoms with van der Waals surface area (Å²) in [6, 6.07) is 0.0833. The average Bonchev–Trinajstić information content (AvgIpc) is 1.84. The van der Waals surface area contributed by atoms with Gasteiger partial charge in [0, 0.05) is 19.1 Å². The lowest BCUT2D eigenvalue weighted by atomic mass is 10.3. The highest BCUT2D eigenvalue weighted by atomic mass is 16.5. The Balaban J connectivity index is 3.29. The molecule has 1 unspecified atom stereocenters. The number of likely N-dealkylation sites (N-methyl/N-ethyl adjacent to an activating group) is 1. The highest BCUT2D eigenvalue weighted by Crippen LogP contribution is 1.88. The van der Waals surface area contributed by atoms with Crippen molar-refractivity contribution < 1.29 is 5.21 Å². The molecule has 0 aromatic carbocycles. The fourth-order valence-electron chi connectivity index (χ4n) is 0.433. The first kappa shape index (κ1) is 7.88. The van der Waals surface area contributed by atoms with Crippen LogP contribution in [0.3, 0.4) is 0 Å². The Hall–Kier alpha value is -0.120. The lowest BCUT2D eigenvalue weighted by Gasteiger charge is -2.18. The van der Waals surface area contributed by atoms with Crippen LogP contribution in [0.5, 0.6) is 0 Å². The van der Waals surface area contributed by atoms with Gasteiger partial charge in [-0.25, -0.2) is 0 Å². The van der Waals surface area contributed by atoms with Crippen molar-refractivity contribution in [2.45, 2.75) is 19.9 Å². The SMILES string of the molecule is CCN(O)C(C)CN. The molecule has 3 N–H and O–H groups in total. The predicted molar refractivity (Wildman–Crippen MR) is 32.7 cm³/mol. The topological polar surface area (TPSA) is 49.5 Å². The summed E-state index contributed by atoms with van der Waals surface area (Å²) in [5, 5.41) is 10.1. The van der Waals surface area contributed by atoms with Crippen LogP contribution < -0.4 is 5.73 Å². The van der Waals surface area contributed by atoms with E-state index in [1.165, 1.54) is 5.06 Å². The molecule has 0 aliphatic rings. The molecule has 0 rings (SSSR count). The van der Waals surface area contributed by atoms with E-state index in [2.05, 4.69) is 0 Å². The zero-order valence-electron chi connectivity index (χ0n) is 5.46. The first-order valence-corrected chi connectivity index (χ1v) is 2.88. The van der Waals surface area contributed by atoms with E-state index in [9.17, 15) is 0 Å². The number of hydrogen-bond acceptors (Lipinski definition) is 3. The van der Waals surface area contributed by atoms with Crippen LogP contribution in [0.4, 0.5) is 0 Å². The van der Waals surface area contributed by atoms with Gasteiger partial charge in [0.25, 0.3) is 0 Å². The van der Waals surface area contributed by atoms with Gasteiger partial charge in [-0.1, -0.05) is 6.92 Å². The molecule has 0 aromatic heterocycles. The van der Waals surface area contributed by atoms with Crippen molar-refractivity contribution in [3.8, 4) is 0 Å². The maximum atomic E-state index is 8.88. The molecule has 0 radical (unpaired) electrons. The minimum absolute atomic E-state index is 0.0833. The minimum atomic E-state index is 0.0833. The molecule has 3 nitrogen and oxygen atoms in total. The molecule has 50 valence electrons. The van der Waals surface area contributed by atoms with Crippen molar-refractivity contribution in [2.24, 2.45) is 5.73 Å². The third-order valence-electron chi connectivity index (χ3n) is 1.17. The molecular weight excluding hydrogens is 104 g/mol. The Bertz CT molecular complexity index is 50.4. The Morgan fingerprint density at radius 1 is 1.75 bits per heavy atom. The maximum absolute atomic E-state index is 8.88. The molecule has 0 aliphatic carbocycles. The lowest BCUT2D eigenvalue weighted by Crippen LogP contribution is -2.35. The quantitative estimate of drug-likeness (QED) is 0.514. The average molecular weight is 118 g/mol.